The summed E-state index contributed by atoms with van der Waals surface area (Å²) in [5.74, 6) is -2.75. The Morgan fingerprint density at radius 1 is 0.970 bits per heavy atom. The lowest BCUT2D eigenvalue weighted by molar-refractivity contribution is -0.113. The van der Waals surface area contributed by atoms with Crippen LogP contribution in [0.3, 0.4) is 0 Å². The molecule has 4 rings (SSSR count). The van der Waals surface area contributed by atoms with Crippen molar-refractivity contribution in [1.29, 1.82) is 0 Å². The number of hydrogen-bond acceptors (Lipinski definition) is 5. The molecular weight excluding hydrogens is 464 g/mol. The molecule has 4 aromatic rings. The molecule has 0 aliphatic heterocycles. The zero-order valence-corrected chi connectivity index (χ0v) is 18.9. The third-order valence-corrected chi connectivity index (χ3v) is 6.40. The first-order chi connectivity index (χ1) is 16.0. The van der Waals surface area contributed by atoms with E-state index in [0.29, 0.717) is 44.9 Å². The molecule has 0 radical (unpaired) electrons. The lowest BCUT2D eigenvalue weighted by Gasteiger charge is -2.13. The van der Waals surface area contributed by atoms with Gasteiger partial charge in [0.15, 0.2) is 5.16 Å². The fourth-order valence-electron chi connectivity index (χ4n) is 3.21. The maximum absolute atomic E-state index is 13.2. The molecule has 1 N–H and O–H groups in total. The molecule has 0 saturated heterocycles. The van der Waals surface area contributed by atoms with Crippen LogP contribution in [0.4, 0.5) is 14.5 Å². The zero-order valence-electron chi connectivity index (χ0n) is 17.3. The molecule has 1 heterocycles. The summed E-state index contributed by atoms with van der Waals surface area (Å²) in [6, 6.07) is 22.9. The molecule has 0 saturated carbocycles. The molecule has 9 heteroatoms. The van der Waals surface area contributed by atoms with Gasteiger partial charge in [-0.05, 0) is 42.0 Å². The number of halogens is 2. The van der Waals surface area contributed by atoms with Gasteiger partial charge in [0.1, 0.15) is 0 Å². The number of anilines is 1. The SMILES string of the molecule is O=C(CSc1nc2ccccc2c(=O)n1Cc1ccccc1)Nc1ccc(SC(F)F)cc1. The van der Waals surface area contributed by atoms with Gasteiger partial charge in [0.2, 0.25) is 5.91 Å². The third-order valence-electron chi connectivity index (χ3n) is 4.71. The molecule has 0 unspecified atom stereocenters. The van der Waals surface area contributed by atoms with Crippen molar-refractivity contribution in [2.45, 2.75) is 22.4 Å². The maximum atomic E-state index is 13.2. The van der Waals surface area contributed by atoms with E-state index in [1.54, 1.807) is 34.9 Å². The Morgan fingerprint density at radius 2 is 1.67 bits per heavy atom. The van der Waals surface area contributed by atoms with Crippen LogP contribution < -0.4 is 10.9 Å². The van der Waals surface area contributed by atoms with Gasteiger partial charge in [-0.3, -0.25) is 14.2 Å². The second-order valence-corrected chi connectivity index (χ2v) is 9.03. The Morgan fingerprint density at radius 3 is 2.39 bits per heavy atom. The van der Waals surface area contributed by atoms with E-state index < -0.39 is 5.76 Å². The number of benzene rings is 3. The minimum Gasteiger partial charge on any atom is -0.325 e. The highest BCUT2D eigenvalue weighted by atomic mass is 32.2. The van der Waals surface area contributed by atoms with E-state index in [9.17, 15) is 18.4 Å². The van der Waals surface area contributed by atoms with Crippen LogP contribution in [-0.4, -0.2) is 27.0 Å². The van der Waals surface area contributed by atoms with Crippen LogP contribution in [0, 0.1) is 0 Å². The fraction of sp³-hybridized carbons (Fsp3) is 0.125. The molecule has 3 aromatic carbocycles. The van der Waals surface area contributed by atoms with Gasteiger partial charge in [-0.2, -0.15) is 8.78 Å². The molecule has 1 amide bonds. The molecule has 0 spiro atoms. The van der Waals surface area contributed by atoms with Crippen LogP contribution in [-0.2, 0) is 11.3 Å². The van der Waals surface area contributed by atoms with Gasteiger partial charge in [0.05, 0.1) is 23.2 Å². The van der Waals surface area contributed by atoms with Crippen LogP contribution >= 0.6 is 23.5 Å². The largest absolute Gasteiger partial charge is 0.325 e. The zero-order chi connectivity index (χ0) is 23.2. The normalized spacial score (nSPS) is 11.1. The van der Waals surface area contributed by atoms with Gasteiger partial charge < -0.3 is 5.32 Å². The lowest BCUT2D eigenvalue weighted by atomic mass is 10.2. The second-order valence-electron chi connectivity index (χ2n) is 7.03. The van der Waals surface area contributed by atoms with E-state index in [0.717, 1.165) is 5.56 Å². The highest BCUT2D eigenvalue weighted by molar-refractivity contribution is 8.00. The average molecular weight is 484 g/mol. The number of para-hydroxylation sites is 1. The molecule has 5 nitrogen and oxygen atoms in total. The van der Waals surface area contributed by atoms with Crippen molar-refractivity contribution in [3.05, 3.63) is 94.8 Å². The summed E-state index contributed by atoms with van der Waals surface area (Å²) >= 11 is 1.62. The maximum Gasteiger partial charge on any atom is 0.288 e. The number of fused-ring (bicyclic) bond motifs is 1. The first kappa shape index (κ1) is 23.0. The number of rotatable bonds is 8. The van der Waals surface area contributed by atoms with Crippen molar-refractivity contribution in [3.63, 3.8) is 0 Å². The molecule has 33 heavy (non-hydrogen) atoms. The number of hydrogen-bond donors (Lipinski definition) is 1. The summed E-state index contributed by atoms with van der Waals surface area (Å²) in [6.07, 6.45) is 0. The van der Waals surface area contributed by atoms with Crippen molar-refractivity contribution in [1.82, 2.24) is 9.55 Å². The van der Waals surface area contributed by atoms with Crippen LogP contribution in [0.2, 0.25) is 0 Å². The summed E-state index contributed by atoms with van der Waals surface area (Å²) < 4.78 is 26.5. The molecule has 0 aliphatic carbocycles. The number of nitrogens with zero attached hydrogens (tertiary/aromatic N) is 2. The predicted octanol–water partition coefficient (Wildman–Crippen LogP) is 5.49. The number of thioether (sulfide) groups is 2. The second kappa shape index (κ2) is 10.6. The smallest absolute Gasteiger partial charge is 0.288 e. The molecule has 0 bridgehead atoms. The summed E-state index contributed by atoms with van der Waals surface area (Å²) in [4.78, 5) is 30.7. The van der Waals surface area contributed by atoms with Crippen LogP contribution in [0.25, 0.3) is 10.9 Å². The molecular formula is C24H19F2N3O2S2. The number of carbonyl (C=O) groups is 1. The van der Waals surface area contributed by atoms with Crippen LogP contribution in [0.1, 0.15) is 5.56 Å². The van der Waals surface area contributed by atoms with Gasteiger partial charge in [-0.1, -0.05) is 66.0 Å². The Bertz CT molecular complexity index is 1310. The van der Waals surface area contributed by atoms with E-state index in [4.69, 9.17) is 0 Å². The Kier molecular flexibility index (Phi) is 7.41. The van der Waals surface area contributed by atoms with Crippen LogP contribution in [0.5, 0.6) is 0 Å². The molecule has 168 valence electrons. The molecule has 0 atom stereocenters. The first-order valence-corrected chi connectivity index (χ1v) is 11.9. The summed E-state index contributed by atoms with van der Waals surface area (Å²) in [7, 11) is 0. The van der Waals surface area contributed by atoms with Crippen molar-refractivity contribution < 1.29 is 13.6 Å². The van der Waals surface area contributed by atoms with Gasteiger partial charge in [0.25, 0.3) is 11.3 Å². The number of alkyl halides is 2. The Hall–Kier alpha value is -3.17. The number of nitrogens with one attached hydrogen (secondary N) is 1. The molecule has 0 fully saturated rings. The Labute approximate surface area is 197 Å². The van der Waals surface area contributed by atoms with Crippen LogP contribution in [0.15, 0.2) is 93.7 Å². The van der Waals surface area contributed by atoms with Gasteiger partial charge in [0, 0.05) is 10.6 Å². The fourth-order valence-corrected chi connectivity index (χ4v) is 4.51. The number of amides is 1. The monoisotopic (exact) mass is 483 g/mol. The minimum absolute atomic E-state index is 0.0348. The van der Waals surface area contributed by atoms with Crippen molar-refractivity contribution in [2.75, 3.05) is 11.1 Å². The highest BCUT2D eigenvalue weighted by Gasteiger charge is 2.14. The summed E-state index contributed by atoms with van der Waals surface area (Å²) in [5, 5.41) is 3.71. The minimum atomic E-state index is -2.50. The van der Waals surface area contributed by atoms with Crippen molar-refractivity contribution in [3.8, 4) is 0 Å². The lowest BCUT2D eigenvalue weighted by Crippen LogP contribution is -2.24. The number of aromatic nitrogens is 2. The summed E-state index contributed by atoms with van der Waals surface area (Å²) in [5.41, 5.74) is 1.86. The van der Waals surface area contributed by atoms with Gasteiger partial charge in [-0.25, -0.2) is 4.98 Å². The van der Waals surface area contributed by atoms with Crippen molar-refractivity contribution in [2.24, 2.45) is 0 Å². The van der Waals surface area contributed by atoms with E-state index in [1.807, 2.05) is 36.4 Å². The van der Waals surface area contributed by atoms with E-state index in [1.165, 1.54) is 23.9 Å². The Balaban J connectivity index is 1.52. The average Bonchev–Trinajstić information content (AvgIpc) is 2.81. The van der Waals surface area contributed by atoms with E-state index in [2.05, 4.69) is 10.3 Å². The number of carbonyl (C=O) groups excluding carboxylic acids is 1. The first-order valence-electron chi connectivity index (χ1n) is 10.0. The van der Waals surface area contributed by atoms with Crippen molar-refractivity contribution >= 4 is 46.0 Å². The molecule has 1 aromatic heterocycles. The quantitative estimate of drug-likeness (QED) is 0.265. The topological polar surface area (TPSA) is 64.0 Å². The third kappa shape index (κ3) is 6.00. The standard InChI is InChI=1S/C24H19F2N3O2S2/c25-23(26)33-18-12-10-17(11-13-18)27-21(30)15-32-24-28-20-9-5-4-8-19(20)22(31)29(24)14-16-6-2-1-3-7-16/h1-13,23H,14-15H2,(H,27,30). The predicted molar refractivity (Wildman–Crippen MR) is 129 cm³/mol. The van der Waals surface area contributed by atoms with Gasteiger partial charge >= 0.3 is 0 Å². The summed E-state index contributed by atoms with van der Waals surface area (Å²) in [6.45, 7) is 0.338. The van der Waals surface area contributed by atoms with E-state index >= 15 is 0 Å². The molecule has 0 aliphatic rings. The van der Waals surface area contributed by atoms with Gasteiger partial charge in [-0.15, -0.1) is 0 Å². The highest BCUT2D eigenvalue weighted by Crippen LogP contribution is 2.26. The van der Waals surface area contributed by atoms with E-state index in [-0.39, 0.29) is 17.2 Å².